The molecule has 3 rings (SSSR count). The number of ether oxygens (including phenoxy) is 2. The molecule has 28 heavy (non-hydrogen) atoms. The average Bonchev–Trinajstić information content (AvgIpc) is 2.72. The molecule has 0 saturated heterocycles. The van der Waals surface area contributed by atoms with Crippen LogP contribution in [0.3, 0.4) is 0 Å². The zero-order chi connectivity index (χ0) is 20.0. The summed E-state index contributed by atoms with van der Waals surface area (Å²) in [7, 11) is 0. The van der Waals surface area contributed by atoms with Crippen LogP contribution in [-0.4, -0.2) is 18.1 Å². The van der Waals surface area contributed by atoms with Crippen LogP contribution in [0.1, 0.15) is 63.1 Å². The van der Waals surface area contributed by atoms with Crippen molar-refractivity contribution in [1.82, 2.24) is 5.32 Å². The number of carbonyl (C=O) groups is 1. The molecule has 1 unspecified atom stereocenters. The highest BCUT2D eigenvalue weighted by Crippen LogP contribution is 2.42. The van der Waals surface area contributed by atoms with Gasteiger partial charge in [-0.05, 0) is 44.4 Å². The molecular weight excluding hydrogens is 350 g/mol. The minimum absolute atomic E-state index is 0.00429. The second-order valence-corrected chi connectivity index (χ2v) is 7.62. The van der Waals surface area contributed by atoms with Gasteiger partial charge in [-0.3, -0.25) is 4.79 Å². The van der Waals surface area contributed by atoms with Gasteiger partial charge in [0, 0.05) is 18.4 Å². The summed E-state index contributed by atoms with van der Waals surface area (Å²) in [6.45, 7) is 6.89. The molecule has 1 aliphatic rings. The molecule has 1 aliphatic heterocycles. The number of para-hydroxylation sites is 1. The van der Waals surface area contributed by atoms with Gasteiger partial charge in [0.15, 0.2) is 0 Å². The van der Waals surface area contributed by atoms with Crippen molar-refractivity contribution in [1.29, 1.82) is 0 Å². The van der Waals surface area contributed by atoms with E-state index in [1.54, 1.807) is 0 Å². The Morgan fingerprint density at radius 2 is 1.86 bits per heavy atom. The highest BCUT2D eigenvalue weighted by molar-refractivity contribution is 5.76. The number of nitrogens with one attached hydrogen (secondary N) is 1. The number of rotatable bonds is 8. The van der Waals surface area contributed by atoms with E-state index in [-0.39, 0.29) is 17.6 Å². The molecule has 150 valence electrons. The molecule has 0 fully saturated rings. The summed E-state index contributed by atoms with van der Waals surface area (Å²) in [5, 5.41) is 3.23. The van der Waals surface area contributed by atoms with E-state index in [9.17, 15) is 4.79 Å². The van der Waals surface area contributed by atoms with Crippen molar-refractivity contribution >= 4 is 5.91 Å². The average molecular weight is 382 g/mol. The summed E-state index contributed by atoms with van der Waals surface area (Å²) >= 11 is 0. The molecule has 4 heteroatoms. The Morgan fingerprint density at radius 3 is 2.57 bits per heavy atom. The quantitative estimate of drug-likeness (QED) is 0.627. The van der Waals surface area contributed by atoms with Gasteiger partial charge < -0.3 is 14.8 Å². The molecule has 0 saturated carbocycles. The van der Waals surface area contributed by atoms with E-state index < -0.39 is 0 Å². The number of aryl methyl sites for hydroxylation is 1. The smallest absolute Gasteiger partial charge is 0.220 e. The fraction of sp³-hybridized carbons (Fsp3) is 0.458. The van der Waals surface area contributed by atoms with Crippen LogP contribution in [0.2, 0.25) is 0 Å². The largest absolute Gasteiger partial charge is 0.494 e. The molecular formula is C24H31NO3. The number of amides is 1. The van der Waals surface area contributed by atoms with Gasteiger partial charge in [-0.2, -0.15) is 0 Å². The van der Waals surface area contributed by atoms with Crippen LogP contribution >= 0.6 is 0 Å². The Morgan fingerprint density at radius 1 is 1.14 bits per heavy atom. The minimum Gasteiger partial charge on any atom is -0.494 e. The molecule has 0 aromatic heterocycles. The fourth-order valence-electron chi connectivity index (χ4n) is 3.75. The highest BCUT2D eigenvalue weighted by Gasteiger charge is 2.38. The van der Waals surface area contributed by atoms with Gasteiger partial charge in [0.2, 0.25) is 5.91 Å². The predicted molar refractivity (Wildman–Crippen MR) is 112 cm³/mol. The second-order valence-electron chi connectivity index (χ2n) is 7.62. The van der Waals surface area contributed by atoms with Gasteiger partial charge in [-0.1, -0.05) is 49.7 Å². The summed E-state index contributed by atoms with van der Waals surface area (Å²) in [5.41, 5.74) is 2.07. The monoisotopic (exact) mass is 381 g/mol. The SMILES string of the molecule is CCC1(CC)CC(NC(=O)CCCOc2ccc(C)cc2)c2ccccc2O1. The maximum absolute atomic E-state index is 12.6. The third-order valence-electron chi connectivity index (χ3n) is 5.66. The third-order valence-corrected chi connectivity index (χ3v) is 5.66. The van der Waals surface area contributed by atoms with E-state index in [0.29, 0.717) is 19.4 Å². The standard InChI is InChI=1S/C24H31NO3/c1-4-24(5-2)17-21(20-9-6-7-10-22(20)28-24)25-23(26)11-8-16-27-19-14-12-18(3)13-15-19/h6-7,9-10,12-15,21H,4-5,8,11,16-17H2,1-3H3,(H,25,26). The van der Waals surface area contributed by atoms with E-state index in [2.05, 4.69) is 25.2 Å². The van der Waals surface area contributed by atoms with Crippen molar-refractivity contribution in [3.8, 4) is 11.5 Å². The van der Waals surface area contributed by atoms with Crippen LogP contribution in [0.5, 0.6) is 11.5 Å². The minimum atomic E-state index is -0.207. The molecule has 0 spiro atoms. The maximum Gasteiger partial charge on any atom is 0.220 e. The Kier molecular flexibility index (Phi) is 6.61. The Hall–Kier alpha value is -2.49. The molecule has 4 nitrogen and oxygen atoms in total. The van der Waals surface area contributed by atoms with Gasteiger partial charge in [-0.25, -0.2) is 0 Å². The zero-order valence-corrected chi connectivity index (χ0v) is 17.2. The molecule has 1 heterocycles. The van der Waals surface area contributed by atoms with Gasteiger partial charge in [-0.15, -0.1) is 0 Å². The molecule has 2 aromatic carbocycles. The number of hydrogen-bond acceptors (Lipinski definition) is 3. The van der Waals surface area contributed by atoms with Crippen LogP contribution in [0.25, 0.3) is 0 Å². The summed E-state index contributed by atoms with van der Waals surface area (Å²) < 4.78 is 12.0. The Bertz CT molecular complexity index is 781. The van der Waals surface area contributed by atoms with Crippen molar-refractivity contribution in [3.63, 3.8) is 0 Å². The summed E-state index contributed by atoms with van der Waals surface area (Å²) in [6, 6.07) is 16.0. The van der Waals surface area contributed by atoms with Crippen LogP contribution in [0.15, 0.2) is 48.5 Å². The van der Waals surface area contributed by atoms with E-state index >= 15 is 0 Å². The number of hydrogen-bond donors (Lipinski definition) is 1. The predicted octanol–water partition coefficient (Wildman–Crippen LogP) is 5.35. The third kappa shape index (κ3) is 4.86. The number of carbonyl (C=O) groups excluding carboxylic acids is 1. The lowest BCUT2D eigenvalue weighted by Gasteiger charge is -2.41. The molecule has 1 atom stereocenters. The topological polar surface area (TPSA) is 47.6 Å². The first-order valence-electron chi connectivity index (χ1n) is 10.3. The summed E-state index contributed by atoms with van der Waals surface area (Å²) in [6.07, 6.45) is 3.81. The van der Waals surface area contributed by atoms with Crippen LogP contribution in [0, 0.1) is 6.92 Å². The van der Waals surface area contributed by atoms with Gasteiger partial charge in [0.25, 0.3) is 0 Å². The van der Waals surface area contributed by atoms with Gasteiger partial charge in [0.05, 0.1) is 12.6 Å². The van der Waals surface area contributed by atoms with Crippen molar-refractivity contribution in [2.45, 2.75) is 64.5 Å². The first kappa shape index (κ1) is 20.2. The first-order valence-corrected chi connectivity index (χ1v) is 10.3. The Balaban J connectivity index is 1.54. The lowest BCUT2D eigenvalue weighted by atomic mass is 9.83. The zero-order valence-electron chi connectivity index (χ0n) is 17.2. The molecule has 0 bridgehead atoms. The van der Waals surface area contributed by atoms with Crippen LogP contribution in [-0.2, 0) is 4.79 Å². The number of benzene rings is 2. The first-order chi connectivity index (χ1) is 13.5. The normalized spacial score (nSPS) is 17.3. The molecule has 0 aliphatic carbocycles. The summed E-state index contributed by atoms with van der Waals surface area (Å²) in [5.74, 6) is 1.81. The van der Waals surface area contributed by atoms with Gasteiger partial charge >= 0.3 is 0 Å². The van der Waals surface area contributed by atoms with Crippen molar-refractivity contribution in [2.24, 2.45) is 0 Å². The lowest BCUT2D eigenvalue weighted by Crippen LogP contribution is -2.44. The second kappa shape index (κ2) is 9.13. The molecule has 1 N–H and O–H groups in total. The lowest BCUT2D eigenvalue weighted by molar-refractivity contribution is -0.122. The fourth-order valence-corrected chi connectivity index (χ4v) is 3.75. The summed E-state index contributed by atoms with van der Waals surface area (Å²) in [4.78, 5) is 12.6. The van der Waals surface area contributed by atoms with Crippen molar-refractivity contribution in [3.05, 3.63) is 59.7 Å². The van der Waals surface area contributed by atoms with E-state index in [1.807, 2.05) is 49.4 Å². The number of fused-ring (bicyclic) bond motifs is 1. The van der Waals surface area contributed by atoms with E-state index in [0.717, 1.165) is 36.3 Å². The molecule has 0 radical (unpaired) electrons. The Labute approximate surface area is 168 Å². The molecule has 1 amide bonds. The van der Waals surface area contributed by atoms with Crippen molar-refractivity contribution < 1.29 is 14.3 Å². The van der Waals surface area contributed by atoms with E-state index in [1.165, 1.54) is 5.56 Å². The van der Waals surface area contributed by atoms with E-state index in [4.69, 9.17) is 9.47 Å². The van der Waals surface area contributed by atoms with Gasteiger partial charge in [0.1, 0.15) is 17.1 Å². The van der Waals surface area contributed by atoms with Crippen molar-refractivity contribution in [2.75, 3.05) is 6.61 Å². The van der Waals surface area contributed by atoms with Crippen LogP contribution in [0.4, 0.5) is 0 Å². The highest BCUT2D eigenvalue weighted by atomic mass is 16.5. The molecule has 2 aromatic rings. The van der Waals surface area contributed by atoms with Crippen LogP contribution < -0.4 is 14.8 Å². The maximum atomic E-state index is 12.6.